The van der Waals surface area contributed by atoms with Gasteiger partial charge in [0, 0.05) is 12.6 Å². The van der Waals surface area contributed by atoms with Crippen LogP contribution >= 0.6 is 11.3 Å². The molecule has 4 rings (SSSR count). The Labute approximate surface area is 176 Å². The van der Waals surface area contributed by atoms with Gasteiger partial charge in [0.05, 0.1) is 11.1 Å². The predicted octanol–water partition coefficient (Wildman–Crippen LogP) is 3.83. The van der Waals surface area contributed by atoms with Crippen LogP contribution < -0.4 is 14.4 Å². The Morgan fingerprint density at radius 1 is 1.13 bits per heavy atom. The fourth-order valence-electron chi connectivity index (χ4n) is 3.25. The van der Waals surface area contributed by atoms with Crippen LogP contribution in [0.4, 0.5) is 13.9 Å². The molecule has 0 bridgehead atoms. The summed E-state index contributed by atoms with van der Waals surface area (Å²) in [5.74, 6) is -0.313. The standard InChI is InChI=1S/C21H21F2N3O3S/c1-25(2)6-3-7-26(21-24-20-15(23)10-14(22)11-18(20)30-21)19(27)9-13-4-5-16-17(8-13)29-12-28-16/h4-5,8,10-11H,3,6-7,9,12H2,1-2H3. The summed E-state index contributed by atoms with van der Waals surface area (Å²) < 4.78 is 38.8. The van der Waals surface area contributed by atoms with Crippen molar-refractivity contribution in [2.75, 3.05) is 38.9 Å². The maximum atomic E-state index is 14.1. The second-order valence-corrected chi connectivity index (χ2v) is 8.31. The summed E-state index contributed by atoms with van der Waals surface area (Å²) in [6.07, 6.45) is 0.845. The average molecular weight is 433 g/mol. The van der Waals surface area contributed by atoms with Crippen LogP contribution in [0.3, 0.4) is 0 Å². The Morgan fingerprint density at radius 3 is 2.73 bits per heavy atom. The number of amides is 1. The van der Waals surface area contributed by atoms with Crippen molar-refractivity contribution in [3.63, 3.8) is 0 Å². The first kappa shape index (κ1) is 20.5. The van der Waals surface area contributed by atoms with E-state index in [0.29, 0.717) is 34.3 Å². The van der Waals surface area contributed by atoms with E-state index in [9.17, 15) is 13.6 Å². The molecule has 0 N–H and O–H groups in total. The molecule has 1 amide bonds. The fourth-order valence-corrected chi connectivity index (χ4v) is 4.30. The van der Waals surface area contributed by atoms with Gasteiger partial charge in [-0.05, 0) is 50.8 Å². The molecule has 0 fully saturated rings. The molecular formula is C21H21F2N3O3S. The van der Waals surface area contributed by atoms with Crippen LogP contribution in [-0.4, -0.2) is 49.8 Å². The zero-order valence-electron chi connectivity index (χ0n) is 16.7. The molecule has 2 heterocycles. The third-order valence-corrected chi connectivity index (χ3v) is 5.74. The number of ether oxygens (including phenoxy) is 2. The second-order valence-electron chi connectivity index (χ2n) is 7.30. The second kappa shape index (κ2) is 8.53. The molecule has 0 saturated heterocycles. The van der Waals surface area contributed by atoms with Crippen LogP contribution in [-0.2, 0) is 11.2 Å². The largest absolute Gasteiger partial charge is 0.454 e. The van der Waals surface area contributed by atoms with Crippen LogP contribution in [0.5, 0.6) is 11.5 Å². The zero-order chi connectivity index (χ0) is 21.3. The summed E-state index contributed by atoms with van der Waals surface area (Å²) in [5, 5.41) is 0.360. The first-order valence-electron chi connectivity index (χ1n) is 9.50. The molecule has 2 aromatic carbocycles. The van der Waals surface area contributed by atoms with Gasteiger partial charge in [0.25, 0.3) is 0 Å². The normalized spacial score (nSPS) is 12.7. The number of rotatable bonds is 7. The lowest BCUT2D eigenvalue weighted by Crippen LogP contribution is -2.34. The van der Waals surface area contributed by atoms with E-state index < -0.39 is 11.6 Å². The number of fused-ring (bicyclic) bond motifs is 2. The molecule has 0 atom stereocenters. The topological polar surface area (TPSA) is 54.9 Å². The lowest BCUT2D eigenvalue weighted by atomic mass is 10.1. The van der Waals surface area contributed by atoms with Gasteiger partial charge in [-0.15, -0.1) is 0 Å². The molecule has 3 aromatic rings. The highest BCUT2D eigenvalue weighted by atomic mass is 32.1. The van der Waals surface area contributed by atoms with E-state index >= 15 is 0 Å². The minimum absolute atomic E-state index is 0.0740. The van der Waals surface area contributed by atoms with Gasteiger partial charge in [0.15, 0.2) is 22.4 Å². The SMILES string of the molecule is CN(C)CCCN(C(=O)Cc1ccc2c(c1)OCO2)c1nc2c(F)cc(F)cc2s1. The van der Waals surface area contributed by atoms with Crippen molar-refractivity contribution in [2.24, 2.45) is 0 Å². The molecule has 0 saturated carbocycles. The Morgan fingerprint density at radius 2 is 1.93 bits per heavy atom. The monoisotopic (exact) mass is 433 g/mol. The van der Waals surface area contributed by atoms with Gasteiger partial charge in [-0.25, -0.2) is 13.8 Å². The van der Waals surface area contributed by atoms with Crippen LogP contribution in [0.15, 0.2) is 30.3 Å². The van der Waals surface area contributed by atoms with Gasteiger partial charge in [-0.3, -0.25) is 9.69 Å². The zero-order valence-corrected chi connectivity index (χ0v) is 17.5. The van der Waals surface area contributed by atoms with E-state index in [1.165, 1.54) is 6.07 Å². The van der Waals surface area contributed by atoms with Gasteiger partial charge in [0.1, 0.15) is 11.3 Å². The van der Waals surface area contributed by atoms with Gasteiger partial charge in [0.2, 0.25) is 12.7 Å². The highest BCUT2D eigenvalue weighted by Gasteiger charge is 2.22. The number of carbonyl (C=O) groups excluding carboxylic acids is 1. The Bertz CT molecular complexity index is 1090. The van der Waals surface area contributed by atoms with E-state index in [-0.39, 0.29) is 24.6 Å². The van der Waals surface area contributed by atoms with E-state index in [2.05, 4.69) is 4.98 Å². The number of carbonyl (C=O) groups is 1. The number of benzene rings is 2. The van der Waals surface area contributed by atoms with Crippen LogP contribution in [0, 0.1) is 11.6 Å². The van der Waals surface area contributed by atoms with E-state index in [4.69, 9.17) is 9.47 Å². The minimum Gasteiger partial charge on any atom is -0.454 e. The number of nitrogens with zero attached hydrogens (tertiary/aromatic N) is 3. The number of hydrogen-bond donors (Lipinski definition) is 0. The Kier molecular flexibility index (Phi) is 5.83. The molecule has 1 aromatic heterocycles. The average Bonchev–Trinajstić information content (AvgIpc) is 3.31. The van der Waals surface area contributed by atoms with Crippen molar-refractivity contribution in [1.29, 1.82) is 0 Å². The van der Waals surface area contributed by atoms with Crippen molar-refractivity contribution in [1.82, 2.24) is 9.88 Å². The van der Waals surface area contributed by atoms with Crippen molar-refractivity contribution in [3.8, 4) is 11.5 Å². The maximum Gasteiger partial charge on any atom is 0.233 e. The van der Waals surface area contributed by atoms with Crippen molar-refractivity contribution >= 4 is 32.6 Å². The Hall–Kier alpha value is -2.78. The summed E-state index contributed by atoms with van der Waals surface area (Å²) in [4.78, 5) is 21.0. The van der Waals surface area contributed by atoms with Crippen LogP contribution in [0.25, 0.3) is 10.2 Å². The molecule has 0 unspecified atom stereocenters. The lowest BCUT2D eigenvalue weighted by molar-refractivity contribution is -0.118. The number of anilines is 1. The summed E-state index contributed by atoms with van der Waals surface area (Å²) in [7, 11) is 3.91. The van der Waals surface area contributed by atoms with Crippen molar-refractivity contribution < 1.29 is 23.0 Å². The maximum absolute atomic E-state index is 14.1. The van der Waals surface area contributed by atoms with Crippen molar-refractivity contribution in [2.45, 2.75) is 12.8 Å². The quantitative estimate of drug-likeness (QED) is 0.567. The van der Waals surface area contributed by atoms with Crippen LogP contribution in [0.2, 0.25) is 0 Å². The van der Waals surface area contributed by atoms with E-state index in [0.717, 1.165) is 29.5 Å². The van der Waals surface area contributed by atoms with Gasteiger partial charge >= 0.3 is 0 Å². The molecular weight excluding hydrogens is 412 g/mol. The minimum atomic E-state index is -0.732. The number of thiazole rings is 1. The molecule has 0 radical (unpaired) electrons. The summed E-state index contributed by atoms with van der Waals surface area (Å²) >= 11 is 1.11. The molecule has 1 aliphatic heterocycles. The molecule has 9 heteroatoms. The fraction of sp³-hybridized carbons (Fsp3) is 0.333. The molecule has 0 aliphatic carbocycles. The summed E-state index contributed by atoms with van der Waals surface area (Å²) in [5.41, 5.74) is 0.852. The van der Waals surface area contributed by atoms with Crippen LogP contribution in [0.1, 0.15) is 12.0 Å². The number of aromatic nitrogens is 1. The highest BCUT2D eigenvalue weighted by molar-refractivity contribution is 7.22. The van der Waals surface area contributed by atoms with Gasteiger partial charge in [-0.2, -0.15) is 0 Å². The molecule has 30 heavy (non-hydrogen) atoms. The van der Waals surface area contributed by atoms with E-state index in [1.54, 1.807) is 17.0 Å². The summed E-state index contributed by atoms with van der Waals surface area (Å²) in [6, 6.07) is 7.41. The molecule has 0 spiro atoms. The Balaban J connectivity index is 1.60. The highest BCUT2D eigenvalue weighted by Crippen LogP contribution is 2.34. The van der Waals surface area contributed by atoms with Gasteiger partial charge in [-0.1, -0.05) is 17.4 Å². The third-order valence-electron chi connectivity index (χ3n) is 4.71. The smallest absolute Gasteiger partial charge is 0.233 e. The van der Waals surface area contributed by atoms with E-state index in [1.807, 2.05) is 25.1 Å². The van der Waals surface area contributed by atoms with Gasteiger partial charge < -0.3 is 14.4 Å². The lowest BCUT2D eigenvalue weighted by Gasteiger charge is -2.21. The third kappa shape index (κ3) is 4.36. The number of hydrogen-bond acceptors (Lipinski definition) is 6. The first-order valence-corrected chi connectivity index (χ1v) is 10.3. The van der Waals surface area contributed by atoms with Crippen molar-refractivity contribution in [3.05, 3.63) is 47.5 Å². The first-order chi connectivity index (χ1) is 14.4. The number of halogens is 2. The molecule has 1 aliphatic rings. The molecule has 158 valence electrons. The molecule has 6 nitrogen and oxygen atoms in total. The predicted molar refractivity (Wildman–Crippen MR) is 111 cm³/mol. The summed E-state index contributed by atoms with van der Waals surface area (Å²) in [6.45, 7) is 1.37.